The number of aromatic hydroxyl groups is 1. The highest BCUT2D eigenvalue weighted by molar-refractivity contribution is 5.94. The van der Waals surface area contributed by atoms with Crippen molar-refractivity contribution in [2.75, 3.05) is 5.32 Å². The maximum atomic E-state index is 11.7. The fourth-order valence-corrected chi connectivity index (χ4v) is 1.05. The van der Waals surface area contributed by atoms with Crippen LogP contribution in [-0.2, 0) is 4.79 Å². The van der Waals surface area contributed by atoms with Crippen molar-refractivity contribution < 1.29 is 9.90 Å². The van der Waals surface area contributed by atoms with Crippen molar-refractivity contribution in [2.45, 2.75) is 27.7 Å². The van der Waals surface area contributed by atoms with Gasteiger partial charge in [-0.3, -0.25) is 4.79 Å². The van der Waals surface area contributed by atoms with Crippen LogP contribution >= 0.6 is 0 Å². The zero-order chi connectivity index (χ0) is 11.6. The van der Waals surface area contributed by atoms with Crippen molar-refractivity contribution in [3.63, 3.8) is 0 Å². The number of hydrogen-bond donors (Lipinski definition) is 2. The molecule has 0 spiro atoms. The molecular weight excluding hydrogens is 190 g/mol. The maximum absolute atomic E-state index is 11.7. The maximum Gasteiger partial charge on any atom is 0.229 e. The lowest BCUT2D eigenvalue weighted by molar-refractivity contribution is -0.123. The molecule has 3 heteroatoms. The summed E-state index contributed by atoms with van der Waals surface area (Å²) in [6.07, 6.45) is 0. The highest BCUT2D eigenvalue weighted by atomic mass is 16.3. The van der Waals surface area contributed by atoms with Crippen molar-refractivity contribution in [3.05, 3.63) is 23.8 Å². The molecule has 0 atom stereocenters. The Morgan fingerprint density at radius 1 is 1.33 bits per heavy atom. The fourth-order valence-electron chi connectivity index (χ4n) is 1.05. The van der Waals surface area contributed by atoms with Gasteiger partial charge in [0.15, 0.2) is 0 Å². The predicted octanol–water partition coefficient (Wildman–Crippen LogP) is 2.69. The first-order chi connectivity index (χ1) is 6.80. The third kappa shape index (κ3) is 2.98. The quantitative estimate of drug-likeness (QED) is 0.695. The van der Waals surface area contributed by atoms with Gasteiger partial charge in [0.05, 0.1) is 0 Å². The molecule has 0 heterocycles. The van der Waals surface area contributed by atoms with Gasteiger partial charge in [0.1, 0.15) is 5.75 Å². The largest absolute Gasteiger partial charge is 0.508 e. The average Bonchev–Trinajstić information content (AvgIpc) is 2.10. The van der Waals surface area contributed by atoms with E-state index in [1.54, 1.807) is 25.1 Å². The van der Waals surface area contributed by atoms with Crippen LogP contribution in [0.4, 0.5) is 5.69 Å². The van der Waals surface area contributed by atoms with Gasteiger partial charge in [0, 0.05) is 11.1 Å². The Labute approximate surface area is 90.1 Å². The number of carbonyl (C=O) groups is 1. The molecule has 0 saturated carbocycles. The van der Waals surface area contributed by atoms with E-state index in [9.17, 15) is 9.90 Å². The van der Waals surface area contributed by atoms with Crippen LogP contribution in [0.25, 0.3) is 0 Å². The van der Waals surface area contributed by atoms with Gasteiger partial charge in [0.25, 0.3) is 0 Å². The first-order valence-corrected chi connectivity index (χ1v) is 4.92. The van der Waals surface area contributed by atoms with E-state index >= 15 is 0 Å². The van der Waals surface area contributed by atoms with Gasteiger partial charge in [0.2, 0.25) is 5.91 Å². The molecule has 1 aromatic rings. The molecule has 15 heavy (non-hydrogen) atoms. The molecule has 2 N–H and O–H groups in total. The van der Waals surface area contributed by atoms with E-state index in [0.29, 0.717) is 5.69 Å². The summed E-state index contributed by atoms with van der Waals surface area (Å²) in [5.41, 5.74) is 1.05. The summed E-state index contributed by atoms with van der Waals surface area (Å²) in [6.45, 7) is 7.36. The summed E-state index contributed by atoms with van der Waals surface area (Å²) in [6, 6.07) is 5.01. The Kier molecular flexibility index (Phi) is 3.03. The Hall–Kier alpha value is -1.51. The molecule has 0 aliphatic rings. The molecule has 0 unspecified atom stereocenters. The van der Waals surface area contributed by atoms with Crippen LogP contribution in [0.1, 0.15) is 26.3 Å². The molecule has 0 radical (unpaired) electrons. The molecule has 1 rings (SSSR count). The molecule has 1 amide bonds. The highest BCUT2D eigenvalue weighted by Crippen LogP contribution is 2.22. The minimum Gasteiger partial charge on any atom is -0.508 e. The number of phenolic OH excluding ortho intramolecular Hbond substituents is 1. The minimum atomic E-state index is -0.411. The number of nitrogens with one attached hydrogen (secondary N) is 1. The summed E-state index contributed by atoms with van der Waals surface area (Å²) >= 11 is 0. The molecule has 0 fully saturated rings. The Balaban J connectivity index is 2.83. The van der Waals surface area contributed by atoms with Gasteiger partial charge < -0.3 is 10.4 Å². The molecular formula is C12H17NO2. The first-order valence-electron chi connectivity index (χ1n) is 4.92. The van der Waals surface area contributed by atoms with E-state index in [1.807, 2.05) is 20.8 Å². The third-order valence-corrected chi connectivity index (χ3v) is 2.14. The smallest absolute Gasteiger partial charge is 0.229 e. The van der Waals surface area contributed by atoms with Gasteiger partial charge in [-0.25, -0.2) is 0 Å². The second-order valence-corrected chi connectivity index (χ2v) is 4.71. The van der Waals surface area contributed by atoms with Crippen LogP contribution < -0.4 is 5.32 Å². The van der Waals surface area contributed by atoms with Crippen LogP contribution in [0.5, 0.6) is 5.75 Å². The van der Waals surface area contributed by atoms with Crippen molar-refractivity contribution in [3.8, 4) is 5.75 Å². The van der Waals surface area contributed by atoms with E-state index in [-0.39, 0.29) is 11.7 Å². The number of anilines is 1. The zero-order valence-corrected chi connectivity index (χ0v) is 9.59. The first kappa shape index (κ1) is 11.6. The van der Waals surface area contributed by atoms with Gasteiger partial charge in [-0.05, 0) is 30.7 Å². The Morgan fingerprint density at radius 2 is 1.93 bits per heavy atom. The van der Waals surface area contributed by atoms with Gasteiger partial charge in [-0.15, -0.1) is 0 Å². The number of aryl methyl sites for hydroxylation is 1. The molecule has 0 aliphatic carbocycles. The molecule has 82 valence electrons. The van der Waals surface area contributed by atoms with Crippen molar-refractivity contribution in [1.29, 1.82) is 0 Å². The lowest BCUT2D eigenvalue weighted by Gasteiger charge is -2.17. The van der Waals surface area contributed by atoms with Gasteiger partial charge in [-0.1, -0.05) is 20.8 Å². The lowest BCUT2D eigenvalue weighted by atomic mass is 9.95. The van der Waals surface area contributed by atoms with Gasteiger partial charge >= 0.3 is 0 Å². The second kappa shape index (κ2) is 3.93. The number of hydrogen-bond acceptors (Lipinski definition) is 2. The Morgan fingerprint density at radius 3 is 2.40 bits per heavy atom. The predicted molar refractivity (Wildman–Crippen MR) is 60.9 cm³/mol. The van der Waals surface area contributed by atoms with E-state index in [4.69, 9.17) is 0 Å². The molecule has 0 bridgehead atoms. The molecule has 3 nitrogen and oxygen atoms in total. The van der Waals surface area contributed by atoms with Crippen LogP contribution in [0, 0.1) is 12.3 Å². The third-order valence-electron chi connectivity index (χ3n) is 2.14. The summed E-state index contributed by atoms with van der Waals surface area (Å²) < 4.78 is 0. The van der Waals surface area contributed by atoms with Crippen LogP contribution in [-0.4, -0.2) is 11.0 Å². The molecule has 0 saturated heterocycles. The number of benzene rings is 1. The van der Waals surface area contributed by atoms with E-state index in [0.717, 1.165) is 5.56 Å². The molecule has 0 aromatic heterocycles. The van der Waals surface area contributed by atoms with Crippen LogP contribution in [0.15, 0.2) is 18.2 Å². The van der Waals surface area contributed by atoms with E-state index in [1.165, 1.54) is 0 Å². The standard InChI is InChI=1S/C12H17NO2/c1-8-7-9(5-6-10(8)14)13-11(15)12(2,3)4/h5-7,14H,1-4H3,(H,13,15). The number of phenols is 1. The SMILES string of the molecule is Cc1cc(NC(=O)C(C)(C)C)ccc1O. The van der Waals surface area contributed by atoms with Crippen molar-refractivity contribution in [1.82, 2.24) is 0 Å². The molecule has 0 aliphatic heterocycles. The van der Waals surface area contributed by atoms with E-state index < -0.39 is 5.41 Å². The van der Waals surface area contributed by atoms with Crippen molar-refractivity contribution in [2.24, 2.45) is 5.41 Å². The monoisotopic (exact) mass is 207 g/mol. The second-order valence-electron chi connectivity index (χ2n) is 4.71. The summed E-state index contributed by atoms with van der Waals surface area (Å²) in [5.74, 6) is 0.205. The van der Waals surface area contributed by atoms with Crippen LogP contribution in [0.2, 0.25) is 0 Å². The highest BCUT2D eigenvalue weighted by Gasteiger charge is 2.21. The summed E-state index contributed by atoms with van der Waals surface area (Å²) in [7, 11) is 0. The topological polar surface area (TPSA) is 49.3 Å². The van der Waals surface area contributed by atoms with E-state index in [2.05, 4.69) is 5.32 Å². The Bertz CT molecular complexity index is 378. The fraction of sp³-hybridized carbons (Fsp3) is 0.417. The normalized spacial score (nSPS) is 11.2. The van der Waals surface area contributed by atoms with Crippen LogP contribution in [0.3, 0.4) is 0 Å². The number of rotatable bonds is 1. The molecule has 1 aromatic carbocycles. The zero-order valence-electron chi connectivity index (χ0n) is 9.59. The number of carbonyl (C=O) groups excluding carboxylic acids is 1. The lowest BCUT2D eigenvalue weighted by Crippen LogP contribution is -2.27. The van der Waals surface area contributed by atoms with Crippen molar-refractivity contribution >= 4 is 11.6 Å². The minimum absolute atomic E-state index is 0.0346. The van der Waals surface area contributed by atoms with Gasteiger partial charge in [-0.2, -0.15) is 0 Å². The average molecular weight is 207 g/mol. The summed E-state index contributed by atoms with van der Waals surface area (Å²) in [4.78, 5) is 11.7. The summed E-state index contributed by atoms with van der Waals surface area (Å²) in [5, 5.41) is 12.1. The number of amides is 1.